The van der Waals surface area contributed by atoms with Crippen LogP contribution in [0.15, 0.2) is 12.1 Å². The lowest BCUT2D eigenvalue weighted by Gasteiger charge is -2.18. The molecule has 0 spiro atoms. The number of hydrogen-bond donors (Lipinski definition) is 2. The summed E-state index contributed by atoms with van der Waals surface area (Å²) in [5.74, 6) is 0.496. The van der Waals surface area contributed by atoms with Gasteiger partial charge in [0.25, 0.3) is 0 Å². The van der Waals surface area contributed by atoms with Gasteiger partial charge in [0.2, 0.25) is 0 Å². The Hall–Kier alpha value is -1.75. The van der Waals surface area contributed by atoms with Gasteiger partial charge in [0.1, 0.15) is 11.5 Å². The first kappa shape index (κ1) is 14.7. The summed E-state index contributed by atoms with van der Waals surface area (Å²) in [5, 5.41) is 12.3. The molecular formula is C15H21NO4. The zero-order valence-electron chi connectivity index (χ0n) is 12.1. The molecule has 1 aromatic carbocycles. The van der Waals surface area contributed by atoms with Gasteiger partial charge in [0.05, 0.1) is 19.6 Å². The fourth-order valence-electron chi connectivity index (χ4n) is 2.60. The summed E-state index contributed by atoms with van der Waals surface area (Å²) in [4.78, 5) is 11.1. The van der Waals surface area contributed by atoms with Crippen molar-refractivity contribution >= 4 is 5.97 Å². The monoisotopic (exact) mass is 279 g/mol. The second-order valence-electron chi connectivity index (χ2n) is 5.02. The number of aryl methyl sites for hydroxylation is 1. The van der Waals surface area contributed by atoms with Crippen LogP contribution in [0.5, 0.6) is 11.5 Å². The molecule has 2 atom stereocenters. The smallest absolute Gasteiger partial charge is 0.307 e. The molecule has 2 N–H and O–H groups in total. The average Bonchev–Trinajstić information content (AvgIpc) is 2.90. The van der Waals surface area contributed by atoms with E-state index in [0.29, 0.717) is 19.6 Å². The molecule has 5 nitrogen and oxygen atoms in total. The lowest BCUT2D eigenvalue weighted by molar-refractivity contribution is -0.141. The fourth-order valence-corrected chi connectivity index (χ4v) is 2.60. The molecule has 5 heteroatoms. The van der Waals surface area contributed by atoms with Gasteiger partial charge in [-0.3, -0.25) is 4.79 Å². The molecule has 1 heterocycles. The molecule has 110 valence electrons. The molecule has 1 saturated heterocycles. The molecule has 0 radical (unpaired) electrons. The van der Waals surface area contributed by atoms with E-state index in [0.717, 1.165) is 22.6 Å². The van der Waals surface area contributed by atoms with Gasteiger partial charge in [-0.05, 0) is 38.0 Å². The third-order valence-corrected chi connectivity index (χ3v) is 3.68. The molecule has 1 aliphatic heterocycles. The molecule has 1 aliphatic rings. The molecule has 1 aromatic rings. The number of carboxylic acid groups (broad SMARTS) is 1. The Morgan fingerprint density at radius 2 is 2.20 bits per heavy atom. The Labute approximate surface area is 118 Å². The highest BCUT2D eigenvalue weighted by molar-refractivity contribution is 5.71. The van der Waals surface area contributed by atoms with Gasteiger partial charge in [0.15, 0.2) is 0 Å². The summed E-state index contributed by atoms with van der Waals surface area (Å²) in [6.07, 6.45) is 0.570. The molecule has 0 bridgehead atoms. The molecule has 0 amide bonds. The van der Waals surface area contributed by atoms with Crippen molar-refractivity contribution in [1.82, 2.24) is 5.32 Å². The summed E-state index contributed by atoms with van der Waals surface area (Å²) < 4.78 is 11.0. The van der Waals surface area contributed by atoms with E-state index >= 15 is 0 Å². The van der Waals surface area contributed by atoms with E-state index < -0.39 is 5.97 Å². The molecule has 2 rings (SSSR count). The van der Waals surface area contributed by atoms with Gasteiger partial charge >= 0.3 is 5.97 Å². The number of nitrogens with one attached hydrogen (secondary N) is 1. The zero-order chi connectivity index (χ0) is 14.7. The first-order chi connectivity index (χ1) is 9.56. The Balaban J connectivity index is 2.30. The number of aliphatic carboxylic acids is 1. The van der Waals surface area contributed by atoms with Crippen LogP contribution in [0.25, 0.3) is 0 Å². The maximum absolute atomic E-state index is 11.1. The second kappa shape index (κ2) is 6.13. The van der Waals surface area contributed by atoms with Crippen molar-refractivity contribution < 1.29 is 19.4 Å². The lowest BCUT2D eigenvalue weighted by atomic mass is 9.98. The SMILES string of the molecule is CCOc1cc(C2CC(C(=O)O)CN2)c(OC)cc1C. The van der Waals surface area contributed by atoms with Gasteiger partial charge in [-0.1, -0.05) is 0 Å². The van der Waals surface area contributed by atoms with Gasteiger partial charge in [-0.15, -0.1) is 0 Å². The van der Waals surface area contributed by atoms with Crippen LogP contribution in [0, 0.1) is 12.8 Å². The van der Waals surface area contributed by atoms with Crippen molar-refractivity contribution in [3.05, 3.63) is 23.3 Å². The van der Waals surface area contributed by atoms with Crippen molar-refractivity contribution in [1.29, 1.82) is 0 Å². The lowest BCUT2D eigenvalue weighted by Crippen LogP contribution is -2.17. The first-order valence-corrected chi connectivity index (χ1v) is 6.84. The van der Waals surface area contributed by atoms with Gasteiger partial charge in [-0.2, -0.15) is 0 Å². The van der Waals surface area contributed by atoms with Crippen LogP contribution >= 0.6 is 0 Å². The zero-order valence-corrected chi connectivity index (χ0v) is 12.1. The van der Waals surface area contributed by atoms with E-state index in [1.807, 2.05) is 26.0 Å². The molecule has 20 heavy (non-hydrogen) atoms. The van der Waals surface area contributed by atoms with Gasteiger partial charge in [0, 0.05) is 18.2 Å². The number of carboxylic acids is 1. The van der Waals surface area contributed by atoms with Crippen molar-refractivity contribution in [2.45, 2.75) is 26.3 Å². The summed E-state index contributed by atoms with van der Waals surface area (Å²) >= 11 is 0. The standard InChI is InChI=1S/C15H21NO4/c1-4-20-13-7-11(14(19-3)5-9(13)2)12-6-10(8-16-12)15(17)18/h5,7,10,12,16H,4,6,8H2,1-3H3,(H,17,18). The predicted octanol–water partition coefficient (Wildman–Crippen LogP) is 2.14. The van der Waals surface area contributed by atoms with E-state index in [1.54, 1.807) is 7.11 Å². The maximum Gasteiger partial charge on any atom is 0.307 e. The summed E-state index contributed by atoms with van der Waals surface area (Å²) in [7, 11) is 1.63. The molecular weight excluding hydrogens is 258 g/mol. The Kier molecular flexibility index (Phi) is 4.49. The van der Waals surface area contributed by atoms with Gasteiger partial charge in [-0.25, -0.2) is 0 Å². The molecule has 0 saturated carbocycles. The molecule has 2 unspecified atom stereocenters. The third kappa shape index (κ3) is 2.88. The highest BCUT2D eigenvalue weighted by Crippen LogP contribution is 2.37. The maximum atomic E-state index is 11.1. The van der Waals surface area contributed by atoms with E-state index in [4.69, 9.17) is 14.6 Å². The average molecular weight is 279 g/mol. The highest BCUT2D eigenvalue weighted by Gasteiger charge is 2.32. The number of benzene rings is 1. The largest absolute Gasteiger partial charge is 0.496 e. The van der Waals surface area contributed by atoms with Gasteiger partial charge < -0.3 is 19.9 Å². The predicted molar refractivity (Wildman–Crippen MR) is 75.4 cm³/mol. The van der Waals surface area contributed by atoms with Crippen LogP contribution < -0.4 is 14.8 Å². The summed E-state index contributed by atoms with van der Waals surface area (Å²) in [6, 6.07) is 3.89. The molecule has 1 fully saturated rings. The Morgan fingerprint density at radius 1 is 1.45 bits per heavy atom. The number of carbonyl (C=O) groups is 1. The normalized spacial score (nSPS) is 21.8. The van der Waals surface area contributed by atoms with Crippen molar-refractivity contribution in [3.63, 3.8) is 0 Å². The Bertz CT molecular complexity index is 501. The highest BCUT2D eigenvalue weighted by atomic mass is 16.5. The Morgan fingerprint density at radius 3 is 2.75 bits per heavy atom. The van der Waals surface area contributed by atoms with Crippen LogP contribution in [-0.2, 0) is 4.79 Å². The minimum absolute atomic E-state index is 0.00847. The fraction of sp³-hybridized carbons (Fsp3) is 0.533. The van der Waals surface area contributed by atoms with Crippen LogP contribution in [-0.4, -0.2) is 31.3 Å². The van der Waals surface area contributed by atoms with E-state index in [2.05, 4.69) is 5.32 Å². The number of rotatable bonds is 5. The van der Waals surface area contributed by atoms with Crippen molar-refractivity contribution in [3.8, 4) is 11.5 Å². The van der Waals surface area contributed by atoms with Crippen LogP contribution in [0.2, 0.25) is 0 Å². The first-order valence-electron chi connectivity index (χ1n) is 6.84. The van der Waals surface area contributed by atoms with E-state index in [-0.39, 0.29) is 12.0 Å². The van der Waals surface area contributed by atoms with Crippen LogP contribution in [0.1, 0.15) is 30.5 Å². The number of ether oxygens (including phenoxy) is 2. The second-order valence-corrected chi connectivity index (χ2v) is 5.02. The molecule has 0 aliphatic carbocycles. The number of hydrogen-bond acceptors (Lipinski definition) is 4. The van der Waals surface area contributed by atoms with Crippen molar-refractivity contribution in [2.24, 2.45) is 5.92 Å². The van der Waals surface area contributed by atoms with Crippen LogP contribution in [0.4, 0.5) is 0 Å². The van der Waals surface area contributed by atoms with Crippen molar-refractivity contribution in [2.75, 3.05) is 20.3 Å². The topological polar surface area (TPSA) is 67.8 Å². The summed E-state index contributed by atoms with van der Waals surface area (Å²) in [6.45, 7) is 5.00. The summed E-state index contributed by atoms with van der Waals surface area (Å²) in [5.41, 5.74) is 1.98. The van der Waals surface area contributed by atoms with Crippen LogP contribution in [0.3, 0.4) is 0 Å². The molecule has 0 aromatic heterocycles. The third-order valence-electron chi connectivity index (χ3n) is 3.68. The quantitative estimate of drug-likeness (QED) is 0.864. The van der Waals surface area contributed by atoms with E-state index in [9.17, 15) is 4.79 Å². The minimum atomic E-state index is -0.754. The number of methoxy groups -OCH3 is 1. The van der Waals surface area contributed by atoms with E-state index in [1.165, 1.54) is 0 Å². The minimum Gasteiger partial charge on any atom is -0.496 e.